The molecule has 1 aliphatic rings. The van der Waals surface area contributed by atoms with E-state index in [4.69, 9.17) is 9.47 Å². The van der Waals surface area contributed by atoms with Crippen molar-refractivity contribution >= 4 is 22.8 Å². The van der Waals surface area contributed by atoms with E-state index in [1.54, 1.807) is 13.2 Å². The highest BCUT2D eigenvalue weighted by Gasteiger charge is 2.31. The van der Waals surface area contributed by atoms with E-state index in [1.165, 1.54) is 6.07 Å². The molecular formula is C22H21NO5. The lowest BCUT2D eigenvalue weighted by molar-refractivity contribution is 0.101. The van der Waals surface area contributed by atoms with Gasteiger partial charge in [-0.1, -0.05) is 25.5 Å². The number of allylic oxidation sites excluding steroid dienone is 1. The van der Waals surface area contributed by atoms with Crippen LogP contribution in [-0.2, 0) is 6.54 Å². The van der Waals surface area contributed by atoms with Crippen LogP contribution in [0.1, 0.15) is 35.7 Å². The first kappa shape index (κ1) is 18.0. The molecule has 0 aliphatic carbocycles. The first-order chi connectivity index (χ1) is 13.5. The first-order valence-corrected chi connectivity index (χ1v) is 9.19. The van der Waals surface area contributed by atoms with Gasteiger partial charge >= 0.3 is 0 Å². The Morgan fingerprint density at radius 2 is 2.07 bits per heavy atom. The Morgan fingerprint density at radius 1 is 1.25 bits per heavy atom. The van der Waals surface area contributed by atoms with Crippen LogP contribution in [0, 0.1) is 0 Å². The summed E-state index contributed by atoms with van der Waals surface area (Å²) >= 11 is 0. The number of benzene rings is 2. The first-order valence-electron chi connectivity index (χ1n) is 9.19. The molecule has 0 saturated heterocycles. The molecule has 144 valence electrons. The number of ketones is 1. The summed E-state index contributed by atoms with van der Waals surface area (Å²) in [6.45, 7) is 2.97. The normalized spacial score (nSPS) is 14.5. The van der Waals surface area contributed by atoms with E-state index in [9.17, 15) is 15.0 Å². The molecule has 3 aromatic rings. The average Bonchev–Trinajstić information content (AvgIpc) is 3.18. The summed E-state index contributed by atoms with van der Waals surface area (Å²) in [6, 6.07) is 8.24. The standard InChI is InChI=1S/C22H21NO5/c1-3-4-8-23-12-13(15-6-5-7-17(27-2)21(15)23)9-19-22(26)20-16(25)10-14(24)11-18(20)28-19/h5-7,9-12,24-25H,3-4,8H2,1-2H3/b19-9-. The second kappa shape index (κ2) is 6.96. The van der Waals surface area contributed by atoms with E-state index >= 15 is 0 Å². The molecule has 28 heavy (non-hydrogen) atoms. The Balaban J connectivity index is 1.82. The number of hydrogen-bond donors (Lipinski definition) is 2. The molecular weight excluding hydrogens is 358 g/mol. The summed E-state index contributed by atoms with van der Waals surface area (Å²) in [5, 5.41) is 20.6. The summed E-state index contributed by atoms with van der Waals surface area (Å²) in [6.07, 6.45) is 5.73. The summed E-state index contributed by atoms with van der Waals surface area (Å²) in [7, 11) is 1.64. The van der Waals surface area contributed by atoms with Crippen LogP contribution in [-0.4, -0.2) is 27.7 Å². The number of nitrogens with zero attached hydrogens (tertiary/aromatic N) is 1. The fourth-order valence-electron chi connectivity index (χ4n) is 3.56. The van der Waals surface area contributed by atoms with Gasteiger partial charge < -0.3 is 24.3 Å². The number of Topliss-reactive ketones (excluding diaryl/α,β-unsaturated/α-hetero) is 1. The van der Waals surface area contributed by atoms with E-state index in [1.807, 2.05) is 24.4 Å². The van der Waals surface area contributed by atoms with Crippen LogP contribution in [0.3, 0.4) is 0 Å². The van der Waals surface area contributed by atoms with Gasteiger partial charge in [-0.25, -0.2) is 0 Å². The number of aromatic nitrogens is 1. The number of carbonyl (C=O) groups is 1. The molecule has 4 rings (SSSR count). The molecule has 0 fully saturated rings. The summed E-state index contributed by atoms with van der Waals surface area (Å²) in [5.41, 5.74) is 1.86. The smallest absolute Gasteiger partial charge is 0.235 e. The Morgan fingerprint density at radius 3 is 2.82 bits per heavy atom. The second-order valence-corrected chi connectivity index (χ2v) is 6.77. The van der Waals surface area contributed by atoms with Crippen molar-refractivity contribution < 1.29 is 24.5 Å². The molecule has 2 aromatic carbocycles. The zero-order chi connectivity index (χ0) is 19.8. The molecule has 6 nitrogen and oxygen atoms in total. The van der Waals surface area contributed by atoms with Crippen molar-refractivity contribution in [1.29, 1.82) is 0 Å². The van der Waals surface area contributed by atoms with E-state index in [-0.39, 0.29) is 28.6 Å². The number of phenolic OH excluding ortho intramolecular Hbond substituents is 2. The number of aryl methyl sites for hydroxylation is 1. The monoisotopic (exact) mass is 379 g/mol. The van der Waals surface area contributed by atoms with E-state index in [0.29, 0.717) is 0 Å². The predicted molar refractivity (Wildman–Crippen MR) is 106 cm³/mol. The lowest BCUT2D eigenvalue weighted by Crippen LogP contribution is -1.98. The number of carbonyl (C=O) groups excluding carboxylic acids is 1. The van der Waals surface area contributed by atoms with Gasteiger partial charge in [0.05, 0.1) is 12.6 Å². The molecule has 0 atom stereocenters. The van der Waals surface area contributed by atoms with Crippen molar-refractivity contribution in [1.82, 2.24) is 4.57 Å². The molecule has 0 unspecified atom stereocenters. The molecule has 0 saturated carbocycles. The van der Waals surface area contributed by atoms with Gasteiger partial charge in [-0.15, -0.1) is 0 Å². The maximum absolute atomic E-state index is 12.7. The minimum absolute atomic E-state index is 0.0661. The van der Waals surface area contributed by atoms with E-state index in [0.717, 1.165) is 47.7 Å². The number of ether oxygens (including phenoxy) is 2. The van der Waals surface area contributed by atoms with Crippen LogP contribution < -0.4 is 9.47 Å². The number of phenols is 2. The third-order valence-electron chi connectivity index (χ3n) is 4.89. The second-order valence-electron chi connectivity index (χ2n) is 6.77. The Labute approximate surface area is 162 Å². The number of hydrogen-bond acceptors (Lipinski definition) is 5. The number of unbranched alkanes of at least 4 members (excludes halogenated alkanes) is 1. The van der Waals surface area contributed by atoms with Crippen molar-refractivity contribution in [2.75, 3.05) is 7.11 Å². The maximum atomic E-state index is 12.7. The largest absolute Gasteiger partial charge is 0.508 e. The van der Waals surface area contributed by atoms with Gasteiger partial charge in [0.25, 0.3) is 0 Å². The fourth-order valence-corrected chi connectivity index (χ4v) is 3.56. The highest BCUT2D eigenvalue weighted by molar-refractivity contribution is 6.16. The molecule has 2 N–H and O–H groups in total. The van der Waals surface area contributed by atoms with Crippen LogP contribution in [0.2, 0.25) is 0 Å². The van der Waals surface area contributed by atoms with Crippen LogP contribution in [0.4, 0.5) is 0 Å². The third kappa shape index (κ3) is 2.87. The Bertz CT molecular complexity index is 1110. The van der Waals surface area contributed by atoms with Crippen molar-refractivity contribution in [2.24, 2.45) is 0 Å². The van der Waals surface area contributed by atoms with Crippen molar-refractivity contribution in [3.63, 3.8) is 0 Å². The van der Waals surface area contributed by atoms with Gasteiger partial charge in [0, 0.05) is 35.8 Å². The van der Waals surface area contributed by atoms with E-state index < -0.39 is 5.78 Å². The quantitative estimate of drug-likeness (QED) is 0.639. The van der Waals surface area contributed by atoms with Crippen molar-refractivity contribution in [2.45, 2.75) is 26.3 Å². The Kier molecular flexibility index (Phi) is 4.47. The van der Waals surface area contributed by atoms with Gasteiger partial charge in [0.1, 0.15) is 28.6 Å². The van der Waals surface area contributed by atoms with Gasteiger partial charge in [-0.3, -0.25) is 4.79 Å². The number of rotatable bonds is 5. The molecule has 0 spiro atoms. The topological polar surface area (TPSA) is 80.9 Å². The molecule has 1 aliphatic heterocycles. The highest BCUT2D eigenvalue weighted by Crippen LogP contribution is 2.41. The molecule has 6 heteroatoms. The maximum Gasteiger partial charge on any atom is 0.235 e. The number of aromatic hydroxyl groups is 2. The summed E-state index contributed by atoms with van der Waals surface area (Å²) < 4.78 is 13.3. The van der Waals surface area contributed by atoms with Gasteiger partial charge in [-0.05, 0) is 18.6 Å². The van der Waals surface area contributed by atoms with Crippen LogP contribution in [0.15, 0.2) is 42.3 Å². The zero-order valence-electron chi connectivity index (χ0n) is 15.7. The fraction of sp³-hybridized carbons (Fsp3) is 0.227. The molecule has 2 heterocycles. The zero-order valence-corrected chi connectivity index (χ0v) is 15.7. The Hall–Kier alpha value is -3.41. The SMILES string of the molecule is CCCCn1cc(/C=C2\Oc3cc(O)cc(O)c3C2=O)c2cccc(OC)c21. The molecule has 1 aromatic heterocycles. The van der Waals surface area contributed by atoms with Gasteiger partial charge in [-0.2, -0.15) is 0 Å². The number of methoxy groups -OCH3 is 1. The van der Waals surface area contributed by atoms with Crippen LogP contribution in [0.25, 0.3) is 17.0 Å². The van der Waals surface area contributed by atoms with Crippen molar-refractivity contribution in [3.05, 3.63) is 53.4 Å². The lowest BCUT2D eigenvalue weighted by Gasteiger charge is -2.07. The van der Waals surface area contributed by atoms with E-state index in [2.05, 4.69) is 11.5 Å². The minimum Gasteiger partial charge on any atom is -0.508 e. The highest BCUT2D eigenvalue weighted by atomic mass is 16.5. The van der Waals surface area contributed by atoms with Crippen LogP contribution >= 0.6 is 0 Å². The van der Waals surface area contributed by atoms with Gasteiger partial charge in [0.15, 0.2) is 5.76 Å². The van der Waals surface area contributed by atoms with Crippen molar-refractivity contribution in [3.8, 4) is 23.0 Å². The van der Waals surface area contributed by atoms with Crippen LogP contribution in [0.5, 0.6) is 23.0 Å². The number of para-hydroxylation sites is 1. The molecule has 0 amide bonds. The lowest BCUT2D eigenvalue weighted by atomic mass is 10.1. The molecule has 0 radical (unpaired) electrons. The summed E-state index contributed by atoms with van der Waals surface area (Å²) in [4.78, 5) is 12.7. The minimum atomic E-state index is -0.412. The predicted octanol–water partition coefficient (Wildman–Crippen LogP) is 4.48. The third-order valence-corrected chi connectivity index (χ3v) is 4.89. The average molecular weight is 379 g/mol. The molecule has 0 bridgehead atoms. The summed E-state index contributed by atoms with van der Waals surface area (Å²) in [5.74, 6) is 0.156. The van der Waals surface area contributed by atoms with Gasteiger partial charge in [0.2, 0.25) is 5.78 Å². The number of fused-ring (bicyclic) bond motifs is 2.